The molecule has 17 heavy (non-hydrogen) atoms. The molecule has 1 aromatic carbocycles. The molecule has 1 heterocycles. The molecule has 0 atom stereocenters. The van der Waals surface area contributed by atoms with E-state index in [1.165, 1.54) is 11.1 Å². The van der Waals surface area contributed by atoms with Crippen LogP contribution >= 0.6 is 0 Å². The van der Waals surface area contributed by atoms with Crippen molar-refractivity contribution in [3.63, 3.8) is 0 Å². The van der Waals surface area contributed by atoms with Crippen LogP contribution < -0.4 is 0 Å². The molecule has 0 radical (unpaired) electrons. The maximum absolute atomic E-state index is 12.0. The van der Waals surface area contributed by atoms with Gasteiger partial charge in [-0.25, -0.2) is 0 Å². The van der Waals surface area contributed by atoms with Crippen LogP contribution in [0.5, 0.6) is 0 Å². The molecule has 1 aliphatic rings. The molecule has 2 nitrogen and oxygen atoms in total. The van der Waals surface area contributed by atoms with E-state index < -0.39 is 0 Å². The van der Waals surface area contributed by atoms with E-state index in [1.807, 2.05) is 0 Å². The Hall–Kier alpha value is -1.15. The number of carbonyl (C=O) groups excluding carboxylic acids is 1. The van der Waals surface area contributed by atoms with Crippen molar-refractivity contribution < 1.29 is 4.79 Å². The second-order valence-corrected chi connectivity index (χ2v) is 5.69. The van der Waals surface area contributed by atoms with Crippen molar-refractivity contribution in [2.24, 2.45) is 5.41 Å². The lowest BCUT2D eigenvalue weighted by Gasteiger charge is -2.35. The monoisotopic (exact) mass is 231 g/mol. The highest BCUT2D eigenvalue weighted by Gasteiger charge is 2.33. The number of likely N-dealkylation sites (tertiary alicyclic amines) is 1. The highest BCUT2D eigenvalue weighted by atomic mass is 16.1. The molecule has 2 heteroatoms. The van der Waals surface area contributed by atoms with E-state index >= 15 is 0 Å². The fourth-order valence-electron chi connectivity index (χ4n) is 2.24. The van der Waals surface area contributed by atoms with Crippen molar-refractivity contribution >= 4 is 5.78 Å². The van der Waals surface area contributed by atoms with Crippen molar-refractivity contribution in [1.82, 2.24) is 4.90 Å². The molecule has 1 aliphatic heterocycles. The lowest BCUT2D eigenvalue weighted by atomic mass is 9.81. The molecular weight excluding hydrogens is 210 g/mol. The fraction of sp³-hybridized carbons (Fsp3) is 0.533. The maximum Gasteiger partial charge on any atom is 0.152 e. The third-order valence-electron chi connectivity index (χ3n) is 3.83. The molecule has 0 spiro atoms. The molecular formula is C15H21NO. The molecule has 0 amide bonds. The molecule has 0 N–H and O–H groups in total. The number of piperidine rings is 1. The Morgan fingerprint density at radius 3 is 2.65 bits per heavy atom. The van der Waals surface area contributed by atoms with Crippen LogP contribution in [0.2, 0.25) is 0 Å². The van der Waals surface area contributed by atoms with Crippen LogP contribution in [0.15, 0.2) is 24.3 Å². The number of hydrogen-bond donors (Lipinski definition) is 0. The standard InChI is InChI=1S/C15H21NO/c1-12-6-4-5-7-13(12)10-16-9-8-15(2,3)14(17)11-16/h4-7H,8-11H2,1-3H3. The van der Waals surface area contributed by atoms with Crippen LogP contribution in [0.25, 0.3) is 0 Å². The predicted molar refractivity (Wildman–Crippen MR) is 69.9 cm³/mol. The number of rotatable bonds is 2. The first kappa shape index (κ1) is 12.3. The summed E-state index contributed by atoms with van der Waals surface area (Å²) < 4.78 is 0. The zero-order valence-electron chi connectivity index (χ0n) is 11.0. The van der Waals surface area contributed by atoms with E-state index in [-0.39, 0.29) is 5.41 Å². The van der Waals surface area contributed by atoms with Crippen LogP contribution in [0.1, 0.15) is 31.4 Å². The minimum Gasteiger partial charge on any atom is -0.298 e. The summed E-state index contributed by atoms with van der Waals surface area (Å²) in [7, 11) is 0. The first-order valence-corrected chi connectivity index (χ1v) is 6.29. The molecule has 0 bridgehead atoms. The molecule has 0 aromatic heterocycles. The van der Waals surface area contributed by atoms with Crippen molar-refractivity contribution in [3.05, 3.63) is 35.4 Å². The number of aryl methyl sites for hydroxylation is 1. The van der Waals surface area contributed by atoms with Gasteiger partial charge in [0.05, 0.1) is 6.54 Å². The van der Waals surface area contributed by atoms with Crippen molar-refractivity contribution in [1.29, 1.82) is 0 Å². The first-order chi connectivity index (χ1) is 7.99. The van der Waals surface area contributed by atoms with Crippen LogP contribution in [0.3, 0.4) is 0 Å². The van der Waals surface area contributed by atoms with Gasteiger partial charge in [-0.1, -0.05) is 38.1 Å². The molecule has 0 saturated carbocycles. The van der Waals surface area contributed by atoms with Gasteiger partial charge in [-0.15, -0.1) is 0 Å². The lowest BCUT2D eigenvalue weighted by molar-refractivity contribution is -0.132. The number of carbonyl (C=O) groups is 1. The summed E-state index contributed by atoms with van der Waals surface area (Å²) in [5.41, 5.74) is 2.52. The van der Waals surface area contributed by atoms with Gasteiger partial charge in [0.1, 0.15) is 0 Å². The molecule has 2 rings (SSSR count). The number of nitrogens with zero attached hydrogens (tertiary/aromatic N) is 1. The number of benzene rings is 1. The van der Waals surface area contributed by atoms with Gasteiger partial charge < -0.3 is 0 Å². The Kier molecular flexibility index (Phi) is 3.34. The summed E-state index contributed by atoms with van der Waals surface area (Å²) in [5, 5.41) is 0. The molecule has 0 unspecified atom stereocenters. The molecule has 1 saturated heterocycles. The summed E-state index contributed by atoms with van der Waals surface area (Å²) in [6.45, 7) is 8.76. The number of Topliss-reactive ketones (excluding diaryl/α,β-unsaturated/α-hetero) is 1. The van der Waals surface area contributed by atoms with Crippen molar-refractivity contribution in [2.75, 3.05) is 13.1 Å². The number of ketones is 1. The van der Waals surface area contributed by atoms with E-state index in [0.29, 0.717) is 12.3 Å². The average molecular weight is 231 g/mol. The van der Waals surface area contributed by atoms with Gasteiger partial charge in [0, 0.05) is 12.0 Å². The smallest absolute Gasteiger partial charge is 0.152 e. The maximum atomic E-state index is 12.0. The van der Waals surface area contributed by atoms with Gasteiger partial charge in [0.2, 0.25) is 0 Å². The van der Waals surface area contributed by atoms with E-state index in [4.69, 9.17) is 0 Å². The Balaban J connectivity index is 2.03. The van der Waals surface area contributed by atoms with E-state index in [0.717, 1.165) is 19.5 Å². The van der Waals surface area contributed by atoms with Gasteiger partial charge in [0.15, 0.2) is 5.78 Å². The summed E-state index contributed by atoms with van der Waals surface area (Å²) in [5.74, 6) is 0.373. The summed E-state index contributed by atoms with van der Waals surface area (Å²) in [6, 6.07) is 8.41. The normalized spacial score (nSPS) is 20.5. The minimum atomic E-state index is -0.123. The first-order valence-electron chi connectivity index (χ1n) is 6.29. The van der Waals surface area contributed by atoms with Crippen LogP contribution in [-0.2, 0) is 11.3 Å². The summed E-state index contributed by atoms with van der Waals surface area (Å²) >= 11 is 0. The van der Waals surface area contributed by atoms with E-state index in [1.54, 1.807) is 0 Å². The van der Waals surface area contributed by atoms with Crippen LogP contribution in [-0.4, -0.2) is 23.8 Å². The SMILES string of the molecule is Cc1ccccc1CN1CCC(C)(C)C(=O)C1. The zero-order valence-corrected chi connectivity index (χ0v) is 11.0. The predicted octanol–water partition coefficient (Wildman–Crippen LogP) is 2.80. The third kappa shape index (κ3) is 2.75. The minimum absolute atomic E-state index is 0.123. The second kappa shape index (κ2) is 4.61. The van der Waals surface area contributed by atoms with Crippen LogP contribution in [0.4, 0.5) is 0 Å². The molecule has 92 valence electrons. The van der Waals surface area contributed by atoms with E-state index in [2.05, 4.69) is 49.9 Å². The highest BCUT2D eigenvalue weighted by Crippen LogP contribution is 2.27. The van der Waals surface area contributed by atoms with Gasteiger partial charge in [-0.2, -0.15) is 0 Å². The van der Waals surface area contributed by atoms with Crippen molar-refractivity contribution in [3.8, 4) is 0 Å². The Morgan fingerprint density at radius 1 is 1.29 bits per heavy atom. The number of hydrogen-bond acceptors (Lipinski definition) is 2. The molecule has 1 fully saturated rings. The fourth-order valence-corrected chi connectivity index (χ4v) is 2.24. The summed E-state index contributed by atoms with van der Waals surface area (Å²) in [6.07, 6.45) is 0.970. The molecule has 1 aromatic rings. The van der Waals surface area contributed by atoms with Crippen molar-refractivity contribution in [2.45, 2.75) is 33.7 Å². The molecule has 0 aliphatic carbocycles. The topological polar surface area (TPSA) is 20.3 Å². The zero-order chi connectivity index (χ0) is 12.5. The van der Waals surface area contributed by atoms with Crippen LogP contribution in [0, 0.1) is 12.3 Å². The third-order valence-corrected chi connectivity index (χ3v) is 3.83. The van der Waals surface area contributed by atoms with Gasteiger partial charge in [-0.3, -0.25) is 9.69 Å². The van der Waals surface area contributed by atoms with E-state index in [9.17, 15) is 4.79 Å². The second-order valence-electron chi connectivity index (χ2n) is 5.69. The van der Waals surface area contributed by atoms with Gasteiger partial charge in [0.25, 0.3) is 0 Å². The lowest BCUT2D eigenvalue weighted by Crippen LogP contribution is -2.44. The largest absolute Gasteiger partial charge is 0.298 e. The van der Waals surface area contributed by atoms with Gasteiger partial charge >= 0.3 is 0 Å². The summed E-state index contributed by atoms with van der Waals surface area (Å²) in [4.78, 5) is 14.2. The Bertz CT molecular complexity index is 423. The highest BCUT2D eigenvalue weighted by molar-refractivity contribution is 5.86. The Labute approximate surface area is 104 Å². The average Bonchev–Trinajstić information content (AvgIpc) is 2.27. The quantitative estimate of drug-likeness (QED) is 0.780. The van der Waals surface area contributed by atoms with Gasteiger partial charge in [-0.05, 0) is 31.0 Å². The Morgan fingerprint density at radius 2 is 2.00 bits per heavy atom.